The molecule has 0 spiro atoms. The number of rotatable bonds is 4. The normalized spacial score (nSPS) is 12.1. The van der Waals surface area contributed by atoms with Crippen LogP contribution >= 0.6 is 0 Å². The van der Waals surface area contributed by atoms with Crippen LogP contribution in [0.3, 0.4) is 0 Å². The van der Waals surface area contributed by atoms with E-state index in [1.54, 1.807) is 0 Å². The van der Waals surface area contributed by atoms with Gasteiger partial charge in [0.25, 0.3) is 0 Å². The molecule has 10 rings (SSSR count). The topological polar surface area (TPSA) is 30.7 Å². The highest BCUT2D eigenvalue weighted by atomic mass is 15.0. The van der Waals surface area contributed by atoms with Gasteiger partial charge in [0.2, 0.25) is 0 Å². The minimum absolute atomic E-state index is 0.747. The van der Waals surface area contributed by atoms with Crippen LogP contribution in [0.2, 0.25) is 0 Å². The molecule has 0 atom stereocenters. The Morgan fingerprint density at radius 3 is 2.00 bits per heavy atom. The zero-order chi connectivity index (χ0) is 31.6. The summed E-state index contributed by atoms with van der Waals surface area (Å²) in [5.41, 5.74) is 15.5. The first-order valence-corrected chi connectivity index (χ1v) is 16.5. The van der Waals surface area contributed by atoms with Crippen molar-refractivity contribution in [3.05, 3.63) is 175 Å². The Balaban J connectivity index is 1.13. The molecule has 2 aromatic heterocycles. The average molecular weight is 612 g/mol. The van der Waals surface area contributed by atoms with Crippen LogP contribution in [0.1, 0.15) is 11.1 Å². The van der Waals surface area contributed by atoms with Crippen LogP contribution in [0.15, 0.2) is 164 Å². The molecule has 48 heavy (non-hydrogen) atoms. The summed E-state index contributed by atoms with van der Waals surface area (Å²) >= 11 is 0. The van der Waals surface area contributed by atoms with E-state index < -0.39 is 0 Å². The maximum Gasteiger partial charge on any atom is 0.160 e. The predicted octanol–water partition coefficient (Wildman–Crippen LogP) is 11.3. The van der Waals surface area contributed by atoms with Crippen molar-refractivity contribution < 1.29 is 0 Å². The minimum atomic E-state index is 0.747. The van der Waals surface area contributed by atoms with Crippen molar-refractivity contribution in [2.24, 2.45) is 0 Å². The second-order valence-electron chi connectivity index (χ2n) is 12.6. The Bertz CT molecular complexity index is 2690. The van der Waals surface area contributed by atoms with E-state index in [1.807, 2.05) is 24.3 Å². The lowest BCUT2D eigenvalue weighted by atomic mass is 9.99. The van der Waals surface area contributed by atoms with E-state index in [9.17, 15) is 0 Å². The molecule has 0 radical (unpaired) electrons. The Hall–Kier alpha value is -6.32. The molecule has 2 heterocycles. The maximum atomic E-state index is 5.16. The zero-order valence-electron chi connectivity index (χ0n) is 26.1. The molecule has 224 valence electrons. The van der Waals surface area contributed by atoms with E-state index in [-0.39, 0.29) is 0 Å². The third kappa shape index (κ3) is 4.14. The number of para-hydroxylation sites is 2. The smallest absolute Gasteiger partial charge is 0.160 e. The summed E-state index contributed by atoms with van der Waals surface area (Å²) < 4.78 is 2.48. The average Bonchev–Trinajstić information content (AvgIpc) is 3.70. The Labute approximate surface area is 278 Å². The first-order valence-electron chi connectivity index (χ1n) is 16.5. The Kier molecular flexibility index (Phi) is 5.94. The third-order valence-corrected chi connectivity index (χ3v) is 9.84. The van der Waals surface area contributed by atoms with E-state index in [0.29, 0.717) is 0 Å². The van der Waals surface area contributed by atoms with Gasteiger partial charge in [0, 0.05) is 33.7 Å². The number of benzene rings is 7. The molecular weight excluding hydrogens is 583 g/mol. The van der Waals surface area contributed by atoms with Gasteiger partial charge in [-0.1, -0.05) is 133 Å². The SMILES string of the molecule is c1ccc(-c2ccc3c4ccccc4n(-c4cccc5c4Cc4cc(-c6nc(-c7ccccc7)nc7ccccc67)ccc4-5)c3c2)cc1. The molecule has 0 N–H and O–H groups in total. The van der Waals surface area contributed by atoms with Crippen molar-refractivity contribution in [1.29, 1.82) is 0 Å². The summed E-state index contributed by atoms with van der Waals surface area (Å²) in [5.74, 6) is 0.747. The second-order valence-corrected chi connectivity index (χ2v) is 12.6. The molecule has 0 amide bonds. The maximum absolute atomic E-state index is 5.16. The molecular formula is C45H29N3. The third-order valence-electron chi connectivity index (χ3n) is 9.84. The fourth-order valence-corrected chi connectivity index (χ4v) is 7.62. The predicted molar refractivity (Wildman–Crippen MR) is 198 cm³/mol. The van der Waals surface area contributed by atoms with Crippen LogP contribution in [0.4, 0.5) is 0 Å². The minimum Gasteiger partial charge on any atom is -0.309 e. The van der Waals surface area contributed by atoms with Crippen molar-refractivity contribution in [2.75, 3.05) is 0 Å². The van der Waals surface area contributed by atoms with Crippen LogP contribution < -0.4 is 0 Å². The molecule has 0 bridgehead atoms. The number of nitrogens with zero attached hydrogens (tertiary/aromatic N) is 3. The van der Waals surface area contributed by atoms with Crippen molar-refractivity contribution in [3.8, 4) is 50.6 Å². The summed E-state index contributed by atoms with van der Waals surface area (Å²) in [6.07, 6.45) is 0.857. The monoisotopic (exact) mass is 611 g/mol. The second kappa shape index (κ2) is 10.6. The Morgan fingerprint density at radius 1 is 0.438 bits per heavy atom. The van der Waals surface area contributed by atoms with Crippen molar-refractivity contribution in [3.63, 3.8) is 0 Å². The van der Waals surface area contributed by atoms with Crippen LogP contribution in [0.5, 0.6) is 0 Å². The highest BCUT2D eigenvalue weighted by Crippen LogP contribution is 2.44. The van der Waals surface area contributed by atoms with Gasteiger partial charge in [-0.3, -0.25) is 0 Å². The van der Waals surface area contributed by atoms with Crippen LogP contribution in [-0.2, 0) is 6.42 Å². The molecule has 1 aliphatic carbocycles. The summed E-state index contributed by atoms with van der Waals surface area (Å²) in [4.78, 5) is 10.1. The summed E-state index contributed by atoms with van der Waals surface area (Å²) in [7, 11) is 0. The molecule has 0 aliphatic heterocycles. The van der Waals surface area contributed by atoms with E-state index in [0.717, 1.165) is 40.0 Å². The lowest BCUT2D eigenvalue weighted by Gasteiger charge is -2.14. The molecule has 0 saturated heterocycles. The quantitative estimate of drug-likeness (QED) is 0.198. The van der Waals surface area contributed by atoms with Gasteiger partial charge in [-0.15, -0.1) is 0 Å². The number of hydrogen-bond donors (Lipinski definition) is 0. The van der Waals surface area contributed by atoms with Gasteiger partial charge in [-0.05, 0) is 63.7 Å². The largest absolute Gasteiger partial charge is 0.309 e. The van der Waals surface area contributed by atoms with Crippen molar-refractivity contribution >= 4 is 32.7 Å². The fraction of sp³-hybridized carbons (Fsp3) is 0.0222. The van der Waals surface area contributed by atoms with E-state index in [1.165, 1.54) is 60.9 Å². The molecule has 3 nitrogen and oxygen atoms in total. The van der Waals surface area contributed by atoms with Crippen molar-refractivity contribution in [2.45, 2.75) is 6.42 Å². The molecule has 9 aromatic rings. The van der Waals surface area contributed by atoms with Gasteiger partial charge in [0.15, 0.2) is 5.82 Å². The molecule has 7 aromatic carbocycles. The standard InChI is InChI=1S/C45H29N3/c1-3-12-29(13-4-1)31-22-25-37-36-16-8-10-20-41(36)48(43(37)28-31)42-21-11-18-35-34-24-23-32(26-33(34)27-39(35)42)44-38-17-7-9-19-40(38)46-45(47-44)30-14-5-2-6-15-30/h1-26,28H,27H2. The highest BCUT2D eigenvalue weighted by Gasteiger charge is 2.25. The zero-order valence-corrected chi connectivity index (χ0v) is 26.1. The molecule has 1 aliphatic rings. The van der Waals surface area contributed by atoms with Crippen molar-refractivity contribution in [1.82, 2.24) is 14.5 Å². The number of hydrogen-bond acceptors (Lipinski definition) is 2. The van der Waals surface area contributed by atoms with Gasteiger partial charge in [0.05, 0.1) is 27.9 Å². The molecule has 0 fully saturated rings. The lowest BCUT2D eigenvalue weighted by molar-refractivity contribution is 1.12. The van der Waals surface area contributed by atoms with E-state index in [2.05, 4.69) is 144 Å². The van der Waals surface area contributed by atoms with Gasteiger partial charge in [-0.2, -0.15) is 0 Å². The first-order chi connectivity index (χ1) is 23.8. The highest BCUT2D eigenvalue weighted by molar-refractivity contribution is 6.10. The molecule has 3 heteroatoms. The summed E-state index contributed by atoms with van der Waals surface area (Å²) in [6, 6.07) is 58.6. The first kappa shape index (κ1) is 26.9. The van der Waals surface area contributed by atoms with Crippen LogP contribution in [0.25, 0.3) is 83.3 Å². The van der Waals surface area contributed by atoms with E-state index >= 15 is 0 Å². The van der Waals surface area contributed by atoms with Gasteiger partial charge < -0.3 is 4.57 Å². The van der Waals surface area contributed by atoms with Crippen LogP contribution in [0, 0.1) is 0 Å². The Morgan fingerprint density at radius 2 is 1.15 bits per heavy atom. The molecule has 0 saturated carbocycles. The summed E-state index contributed by atoms with van der Waals surface area (Å²) in [6.45, 7) is 0. The molecule has 0 unspecified atom stereocenters. The van der Waals surface area contributed by atoms with Gasteiger partial charge in [0.1, 0.15) is 0 Å². The summed E-state index contributed by atoms with van der Waals surface area (Å²) in [5, 5.41) is 3.60. The van der Waals surface area contributed by atoms with E-state index in [4.69, 9.17) is 9.97 Å². The number of aromatic nitrogens is 3. The number of fused-ring (bicyclic) bond motifs is 7. The lowest BCUT2D eigenvalue weighted by Crippen LogP contribution is -1.99. The van der Waals surface area contributed by atoms with Crippen LogP contribution in [-0.4, -0.2) is 14.5 Å². The van der Waals surface area contributed by atoms with Gasteiger partial charge >= 0.3 is 0 Å². The van der Waals surface area contributed by atoms with Gasteiger partial charge in [-0.25, -0.2) is 9.97 Å². The fourth-order valence-electron chi connectivity index (χ4n) is 7.62.